The predicted molar refractivity (Wildman–Crippen MR) is 65.5 cm³/mol. The van der Waals surface area contributed by atoms with Crippen LogP contribution in [-0.2, 0) is 0 Å². The molecule has 0 aliphatic carbocycles. The summed E-state index contributed by atoms with van der Waals surface area (Å²) in [4.78, 5) is 0. The minimum absolute atomic E-state index is 0.370. The molecule has 0 fully saturated rings. The topological polar surface area (TPSA) is 9.23 Å². The van der Waals surface area contributed by atoms with Crippen LogP contribution in [0.15, 0.2) is 18.2 Å². The van der Waals surface area contributed by atoms with Crippen LogP contribution in [0.3, 0.4) is 0 Å². The lowest BCUT2D eigenvalue weighted by Crippen LogP contribution is -2.16. The van der Waals surface area contributed by atoms with Gasteiger partial charge in [-0.15, -0.1) is 0 Å². The Morgan fingerprint density at radius 1 is 1.13 bits per heavy atom. The van der Waals surface area contributed by atoms with Crippen molar-refractivity contribution in [1.82, 2.24) is 0 Å². The van der Waals surface area contributed by atoms with E-state index in [1.165, 1.54) is 17.5 Å². The maximum absolute atomic E-state index is 6.07. The van der Waals surface area contributed by atoms with Crippen molar-refractivity contribution in [3.05, 3.63) is 29.3 Å². The monoisotopic (exact) mass is 206 g/mol. The number of benzene rings is 1. The molecule has 0 saturated carbocycles. The molecular formula is C14H22O. The standard InChI is InChI=1S/C14H22O/c1-5-8-13(6-2)15-14-11(3)9-7-10-12(14)4/h7,9-10,13H,5-6,8H2,1-4H3. The Balaban J connectivity index is 2.78. The Kier molecular flexibility index (Phi) is 4.67. The molecule has 15 heavy (non-hydrogen) atoms. The van der Waals surface area contributed by atoms with Crippen LogP contribution in [0.4, 0.5) is 0 Å². The summed E-state index contributed by atoms with van der Waals surface area (Å²) >= 11 is 0. The van der Waals surface area contributed by atoms with E-state index in [0.717, 1.165) is 18.6 Å². The number of ether oxygens (including phenoxy) is 1. The Bertz CT molecular complexity index is 284. The van der Waals surface area contributed by atoms with Crippen LogP contribution in [0.1, 0.15) is 44.2 Å². The minimum atomic E-state index is 0.370. The van der Waals surface area contributed by atoms with E-state index in [1.807, 2.05) is 0 Å². The number of hydrogen-bond donors (Lipinski definition) is 0. The van der Waals surface area contributed by atoms with Gasteiger partial charge in [0.25, 0.3) is 0 Å². The Morgan fingerprint density at radius 2 is 1.73 bits per heavy atom. The van der Waals surface area contributed by atoms with Gasteiger partial charge >= 0.3 is 0 Å². The van der Waals surface area contributed by atoms with Gasteiger partial charge in [0.2, 0.25) is 0 Å². The molecule has 84 valence electrons. The highest BCUT2D eigenvalue weighted by Gasteiger charge is 2.10. The van der Waals surface area contributed by atoms with Crippen molar-refractivity contribution < 1.29 is 4.74 Å². The van der Waals surface area contributed by atoms with Crippen LogP contribution < -0.4 is 4.74 Å². The maximum Gasteiger partial charge on any atom is 0.125 e. The zero-order valence-electron chi connectivity index (χ0n) is 10.3. The fourth-order valence-corrected chi connectivity index (χ4v) is 1.82. The predicted octanol–water partition coefficient (Wildman–Crippen LogP) is 4.26. The van der Waals surface area contributed by atoms with Gasteiger partial charge in [0.15, 0.2) is 0 Å². The van der Waals surface area contributed by atoms with E-state index >= 15 is 0 Å². The molecule has 0 radical (unpaired) electrons. The van der Waals surface area contributed by atoms with Crippen LogP contribution in [-0.4, -0.2) is 6.10 Å². The van der Waals surface area contributed by atoms with E-state index in [4.69, 9.17) is 4.74 Å². The molecule has 0 aliphatic rings. The summed E-state index contributed by atoms with van der Waals surface area (Å²) in [6.45, 7) is 8.62. The SMILES string of the molecule is CCCC(CC)Oc1c(C)cccc1C. The summed E-state index contributed by atoms with van der Waals surface area (Å²) in [6, 6.07) is 6.31. The van der Waals surface area contributed by atoms with E-state index in [1.54, 1.807) is 0 Å². The van der Waals surface area contributed by atoms with Gasteiger partial charge in [-0.05, 0) is 37.8 Å². The summed E-state index contributed by atoms with van der Waals surface area (Å²) in [5, 5.41) is 0. The molecule has 0 amide bonds. The second kappa shape index (κ2) is 5.79. The average Bonchev–Trinajstić information content (AvgIpc) is 2.22. The van der Waals surface area contributed by atoms with Gasteiger partial charge in [0.1, 0.15) is 5.75 Å². The van der Waals surface area contributed by atoms with Crippen molar-refractivity contribution in [1.29, 1.82) is 0 Å². The quantitative estimate of drug-likeness (QED) is 0.699. The molecule has 1 rings (SSSR count). The third kappa shape index (κ3) is 3.26. The van der Waals surface area contributed by atoms with Gasteiger partial charge in [-0.25, -0.2) is 0 Å². The molecule has 0 N–H and O–H groups in total. The van der Waals surface area contributed by atoms with Crippen molar-refractivity contribution in [2.45, 2.75) is 53.1 Å². The number of para-hydroxylation sites is 1. The molecule has 1 nitrogen and oxygen atoms in total. The van der Waals surface area contributed by atoms with Gasteiger partial charge in [-0.1, -0.05) is 38.5 Å². The van der Waals surface area contributed by atoms with E-state index in [-0.39, 0.29) is 0 Å². The molecule has 1 unspecified atom stereocenters. The van der Waals surface area contributed by atoms with Gasteiger partial charge in [0.05, 0.1) is 6.10 Å². The van der Waals surface area contributed by atoms with Gasteiger partial charge in [-0.2, -0.15) is 0 Å². The zero-order chi connectivity index (χ0) is 11.3. The first-order chi connectivity index (χ1) is 7.19. The smallest absolute Gasteiger partial charge is 0.125 e. The normalized spacial score (nSPS) is 12.5. The molecule has 0 aromatic heterocycles. The second-order valence-corrected chi connectivity index (χ2v) is 4.16. The first-order valence-electron chi connectivity index (χ1n) is 5.91. The van der Waals surface area contributed by atoms with E-state index in [9.17, 15) is 0 Å². The summed E-state index contributed by atoms with van der Waals surface area (Å²) in [6.07, 6.45) is 3.78. The number of rotatable bonds is 5. The molecule has 1 heteroatoms. The van der Waals surface area contributed by atoms with Crippen molar-refractivity contribution >= 4 is 0 Å². The summed E-state index contributed by atoms with van der Waals surface area (Å²) in [5.41, 5.74) is 2.48. The lowest BCUT2D eigenvalue weighted by Gasteiger charge is -2.20. The number of hydrogen-bond acceptors (Lipinski definition) is 1. The summed E-state index contributed by atoms with van der Waals surface area (Å²) in [7, 11) is 0. The molecule has 0 spiro atoms. The highest BCUT2D eigenvalue weighted by molar-refractivity contribution is 5.39. The molecule has 0 saturated heterocycles. The van der Waals surface area contributed by atoms with Crippen LogP contribution in [0, 0.1) is 13.8 Å². The fraction of sp³-hybridized carbons (Fsp3) is 0.571. The second-order valence-electron chi connectivity index (χ2n) is 4.16. The lowest BCUT2D eigenvalue weighted by molar-refractivity contribution is 0.183. The molecule has 1 atom stereocenters. The van der Waals surface area contributed by atoms with Crippen molar-refractivity contribution in [3.63, 3.8) is 0 Å². The largest absolute Gasteiger partial charge is 0.490 e. The van der Waals surface area contributed by atoms with Crippen LogP contribution >= 0.6 is 0 Å². The highest BCUT2D eigenvalue weighted by atomic mass is 16.5. The lowest BCUT2D eigenvalue weighted by atomic mass is 10.1. The first-order valence-corrected chi connectivity index (χ1v) is 5.91. The van der Waals surface area contributed by atoms with Crippen LogP contribution in [0.2, 0.25) is 0 Å². The molecular weight excluding hydrogens is 184 g/mol. The van der Waals surface area contributed by atoms with Gasteiger partial charge in [0, 0.05) is 0 Å². The zero-order valence-corrected chi connectivity index (χ0v) is 10.3. The van der Waals surface area contributed by atoms with E-state index in [2.05, 4.69) is 45.9 Å². The summed E-state index contributed by atoms with van der Waals surface area (Å²) in [5.74, 6) is 1.08. The first kappa shape index (κ1) is 12.1. The third-order valence-electron chi connectivity index (χ3n) is 2.76. The molecule has 1 aromatic rings. The third-order valence-corrected chi connectivity index (χ3v) is 2.76. The van der Waals surface area contributed by atoms with Crippen molar-refractivity contribution in [2.24, 2.45) is 0 Å². The van der Waals surface area contributed by atoms with Crippen molar-refractivity contribution in [2.75, 3.05) is 0 Å². The molecule has 0 aliphatic heterocycles. The Hall–Kier alpha value is -0.980. The van der Waals surface area contributed by atoms with Crippen LogP contribution in [0.25, 0.3) is 0 Å². The Morgan fingerprint density at radius 3 is 2.20 bits per heavy atom. The summed E-state index contributed by atoms with van der Waals surface area (Å²) < 4.78 is 6.07. The van der Waals surface area contributed by atoms with Crippen molar-refractivity contribution in [3.8, 4) is 5.75 Å². The minimum Gasteiger partial charge on any atom is -0.490 e. The molecule has 1 aromatic carbocycles. The number of aryl methyl sites for hydroxylation is 2. The Labute approximate surface area is 93.5 Å². The molecule has 0 bridgehead atoms. The van der Waals surface area contributed by atoms with Gasteiger partial charge < -0.3 is 4.74 Å². The average molecular weight is 206 g/mol. The van der Waals surface area contributed by atoms with Crippen LogP contribution in [0.5, 0.6) is 5.75 Å². The van der Waals surface area contributed by atoms with E-state index in [0.29, 0.717) is 6.10 Å². The maximum atomic E-state index is 6.07. The highest BCUT2D eigenvalue weighted by Crippen LogP contribution is 2.25. The van der Waals surface area contributed by atoms with E-state index < -0.39 is 0 Å². The fourth-order valence-electron chi connectivity index (χ4n) is 1.82. The van der Waals surface area contributed by atoms with Gasteiger partial charge in [-0.3, -0.25) is 0 Å². The molecule has 0 heterocycles.